The number of aromatic nitrogens is 1. The van der Waals surface area contributed by atoms with Crippen molar-refractivity contribution in [2.45, 2.75) is 0 Å². The normalized spacial score (nSPS) is 11.7. The van der Waals surface area contributed by atoms with Crippen molar-refractivity contribution in [1.29, 1.82) is 0 Å². The third kappa shape index (κ3) is 5.75. The summed E-state index contributed by atoms with van der Waals surface area (Å²) in [4.78, 5) is 7.08. The molecule has 0 spiro atoms. The molecule has 282 valence electrons. The number of oxazole rings is 1. The van der Waals surface area contributed by atoms with Crippen LogP contribution in [0.1, 0.15) is 0 Å². The summed E-state index contributed by atoms with van der Waals surface area (Å²) in [5, 5.41) is 4.26. The molecule has 0 N–H and O–H groups in total. The molecule has 0 radical (unpaired) electrons. The molecule has 0 fully saturated rings. The van der Waals surface area contributed by atoms with Crippen LogP contribution in [0.4, 0.5) is 17.1 Å². The Kier molecular flexibility index (Phi) is 7.78. The Hall–Kier alpha value is -8.15. The average Bonchev–Trinajstić information content (AvgIpc) is 4.02. The Bertz CT molecular complexity index is 3530. The molecule has 0 saturated carbocycles. The molecule has 9 aromatic carbocycles. The number of benzene rings is 9. The molecular weight excluding hydrogens is 737 g/mol. The molecule has 0 aliphatic rings. The van der Waals surface area contributed by atoms with Gasteiger partial charge in [-0.3, -0.25) is 0 Å². The molecule has 0 aliphatic carbocycles. The quantitative estimate of drug-likeness (QED) is 0.162. The summed E-state index contributed by atoms with van der Waals surface area (Å²) < 4.78 is 19.0. The Morgan fingerprint density at radius 1 is 0.317 bits per heavy atom. The lowest BCUT2D eigenvalue weighted by molar-refractivity contribution is 0.620. The fourth-order valence-corrected chi connectivity index (χ4v) is 8.55. The number of furan rings is 2. The van der Waals surface area contributed by atoms with E-state index in [4.69, 9.17) is 18.2 Å². The highest BCUT2D eigenvalue weighted by Gasteiger charge is 2.18. The van der Waals surface area contributed by atoms with Crippen molar-refractivity contribution in [2.24, 2.45) is 0 Å². The second-order valence-corrected chi connectivity index (χ2v) is 15.1. The van der Waals surface area contributed by atoms with E-state index < -0.39 is 0 Å². The first kappa shape index (κ1) is 33.9. The minimum atomic E-state index is 0.597. The summed E-state index contributed by atoms with van der Waals surface area (Å²) in [6, 6.07) is 71.8. The zero-order valence-electron chi connectivity index (χ0n) is 32.2. The largest absolute Gasteiger partial charge is 0.456 e. The molecule has 5 nitrogen and oxygen atoms in total. The summed E-state index contributed by atoms with van der Waals surface area (Å²) in [6.07, 6.45) is 0. The van der Waals surface area contributed by atoms with Crippen LogP contribution in [0.2, 0.25) is 0 Å². The predicted molar refractivity (Wildman–Crippen MR) is 245 cm³/mol. The van der Waals surface area contributed by atoms with Crippen LogP contribution in [0.5, 0.6) is 0 Å². The van der Waals surface area contributed by atoms with E-state index in [-0.39, 0.29) is 0 Å². The molecule has 3 aromatic heterocycles. The number of rotatable bonds is 7. The zero-order valence-corrected chi connectivity index (χ0v) is 32.2. The molecule has 0 unspecified atom stereocenters. The highest BCUT2D eigenvalue weighted by Crippen LogP contribution is 2.42. The van der Waals surface area contributed by atoms with E-state index in [1.54, 1.807) is 0 Å². The van der Waals surface area contributed by atoms with E-state index in [0.717, 1.165) is 99.9 Å². The van der Waals surface area contributed by atoms with Gasteiger partial charge in [0.2, 0.25) is 5.89 Å². The molecule has 5 heteroatoms. The van der Waals surface area contributed by atoms with Gasteiger partial charge in [-0.05, 0) is 101 Å². The summed E-state index contributed by atoms with van der Waals surface area (Å²) in [6.45, 7) is 0. The van der Waals surface area contributed by atoms with Crippen molar-refractivity contribution in [3.63, 3.8) is 0 Å². The van der Waals surface area contributed by atoms with Gasteiger partial charge in [-0.2, -0.15) is 0 Å². The molecule has 0 amide bonds. The number of fused-ring (bicyclic) bond motifs is 7. The fraction of sp³-hybridized carbons (Fsp3) is 0. The first-order valence-corrected chi connectivity index (χ1v) is 20.1. The number of nitrogens with zero attached hydrogens (tertiary/aromatic N) is 2. The highest BCUT2D eigenvalue weighted by molar-refractivity contribution is 6.11. The van der Waals surface area contributed by atoms with Crippen LogP contribution in [-0.4, -0.2) is 4.98 Å². The van der Waals surface area contributed by atoms with E-state index in [9.17, 15) is 0 Å². The SMILES string of the molecule is c1ccc(-c2ccc(N(c3ccc(-c4ccc5oc6cc7nc(-c8ccccc8)oc7cc6c5c4)cc3)c3cccc(-c4cccc5c4oc4ccccc45)c3)cc2)cc1. The summed E-state index contributed by atoms with van der Waals surface area (Å²) in [7, 11) is 0. The molecule has 3 heterocycles. The molecular formula is C55H34N2O3. The minimum Gasteiger partial charge on any atom is -0.456 e. The van der Waals surface area contributed by atoms with Crippen molar-refractivity contribution >= 4 is 72.0 Å². The molecule has 12 rings (SSSR count). The fourth-order valence-electron chi connectivity index (χ4n) is 8.55. The van der Waals surface area contributed by atoms with Crippen molar-refractivity contribution in [3.8, 4) is 44.8 Å². The van der Waals surface area contributed by atoms with Gasteiger partial charge in [-0.1, -0.05) is 127 Å². The van der Waals surface area contributed by atoms with Crippen molar-refractivity contribution in [3.05, 3.63) is 206 Å². The van der Waals surface area contributed by atoms with Crippen LogP contribution in [0, 0.1) is 0 Å². The molecule has 0 aliphatic heterocycles. The number of hydrogen-bond donors (Lipinski definition) is 0. The van der Waals surface area contributed by atoms with Gasteiger partial charge in [0.05, 0.1) is 0 Å². The molecule has 0 atom stereocenters. The number of hydrogen-bond acceptors (Lipinski definition) is 5. The first-order valence-electron chi connectivity index (χ1n) is 20.1. The van der Waals surface area contributed by atoms with Gasteiger partial charge in [0.1, 0.15) is 27.8 Å². The van der Waals surface area contributed by atoms with E-state index >= 15 is 0 Å². The molecule has 60 heavy (non-hydrogen) atoms. The second kappa shape index (κ2) is 13.8. The van der Waals surface area contributed by atoms with Crippen LogP contribution >= 0.6 is 0 Å². The van der Waals surface area contributed by atoms with E-state index in [2.05, 4.69) is 157 Å². The summed E-state index contributed by atoms with van der Waals surface area (Å²) in [5.41, 5.74) is 15.7. The van der Waals surface area contributed by atoms with Crippen LogP contribution in [0.25, 0.3) is 99.8 Å². The minimum absolute atomic E-state index is 0.597. The van der Waals surface area contributed by atoms with Crippen LogP contribution in [0.15, 0.2) is 220 Å². The van der Waals surface area contributed by atoms with Crippen LogP contribution < -0.4 is 4.90 Å². The van der Waals surface area contributed by atoms with E-state index in [1.165, 1.54) is 11.1 Å². The Morgan fingerprint density at radius 2 is 0.917 bits per heavy atom. The molecule has 0 saturated heterocycles. The van der Waals surface area contributed by atoms with Gasteiger partial charge in [0, 0.05) is 55.8 Å². The first-order chi connectivity index (χ1) is 29.7. The lowest BCUT2D eigenvalue weighted by atomic mass is 10.0. The third-order valence-corrected chi connectivity index (χ3v) is 11.5. The van der Waals surface area contributed by atoms with Crippen molar-refractivity contribution in [1.82, 2.24) is 4.98 Å². The second-order valence-electron chi connectivity index (χ2n) is 15.1. The van der Waals surface area contributed by atoms with Gasteiger partial charge >= 0.3 is 0 Å². The van der Waals surface area contributed by atoms with Crippen LogP contribution in [0.3, 0.4) is 0 Å². The summed E-state index contributed by atoms with van der Waals surface area (Å²) in [5.74, 6) is 0.597. The van der Waals surface area contributed by atoms with E-state index in [1.807, 2.05) is 54.6 Å². The van der Waals surface area contributed by atoms with Gasteiger partial charge in [-0.25, -0.2) is 4.98 Å². The standard InChI is InChI=1S/C55H34N2O3/c1-3-11-35(12-4-1)36-21-26-41(27-22-36)57(43-16-9-15-40(31-43)44-18-10-19-46-45-17-7-8-20-50(45)59-54(44)46)42-28-23-37(24-29-42)39-25-30-51-47(32-39)48-33-53-49(34-52(48)58-51)56-55(60-53)38-13-5-2-6-14-38/h1-34H. The third-order valence-electron chi connectivity index (χ3n) is 11.5. The van der Waals surface area contributed by atoms with Crippen LogP contribution in [-0.2, 0) is 0 Å². The molecule has 12 aromatic rings. The maximum absolute atomic E-state index is 6.47. The van der Waals surface area contributed by atoms with Gasteiger partial charge in [-0.15, -0.1) is 0 Å². The topological polar surface area (TPSA) is 55.6 Å². The Morgan fingerprint density at radius 3 is 1.70 bits per heavy atom. The highest BCUT2D eigenvalue weighted by atomic mass is 16.4. The van der Waals surface area contributed by atoms with Gasteiger partial charge in [0.25, 0.3) is 0 Å². The van der Waals surface area contributed by atoms with Gasteiger partial charge in [0.15, 0.2) is 5.58 Å². The maximum atomic E-state index is 6.47. The van der Waals surface area contributed by atoms with Crippen molar-refractivity contribution in [2.75, 3.05) is 4.90 Å². The monoisotopic (exact) mass is 770 g/mol. The van der Waals surface area contributed by atoms with E-state index in [0.29, 0.717) is 5.89 Å². The molecule has 0 bridgehead atoms. The average molecular weight is 771 g/mol. The lowest BCUT2D eigenvalue weighted by Crippen LogP contribution is -2.10. The maximum Gasteiger partial charge on any atom is 0.227 e. The summed E-state index contributed by atoms with van der Waals surface area (Å²) >= 11 is 0. The lowest BCUT2D eigenvalue weighted by Gasteiger charge is -2.26. The smallest absolute Gasteiger partial charge is 0.227 e. The zero-order chi connectivity index (χ0) is 39.6. The predicted octanol–water partition coefficient (Wildman–Crippen LogP) is 15.8. The Balaban J connectivity index is 0.933. The van der Waals surface area contributed by atoms with Gasteiger partial charge < -0.3 is 18.2 Å². The van der Waals surface area contributed by atoms with Crippen molar-refractivity contribution < 1.29 is 13.3 Å². The Labute approximate surface area is 345 Å². The number of anilines is 3. The number of para-hydroxylation sites is 2.